The Morgan fingerprint density at radius 2 is 0.755 bits per heavy atom. The lowest BCUT2D eigenvalue weighted by atomic mass is 9.96. The van der Waals surface area contributed by atoms with E-state index in [0.717, 1.165) is 5.56 Å². The summed E-state index contributed by atoms with van der Waals surface area (Å²) in [7, 11) is 0. The van der Waals surface area contributed by atoms with Gasteiger partial charge in [-0.2, -0.15) is 0 Å². The van der Waals surface area contributed by atoms with Crippen LogP contribution >= 0.6 is 0 Å². The number of carbonyl (C=O) groups excluding carboxylic acids is 22. The number of hydrogen-bond acceptors (Lipinski definition) is 24. The Kier molecular flexibility index (Phi) is 44.1. The molecule has 778 valence electrons. The number of carboxylic acids is 1. The fraction of sp³-hybridized carbons (Fsp3) is 0.685. The maximum absolute atomic E-state index is 14.6. The predicted molar refractivity (Wildman–Crippen MR) is 505 cm³/mol. The van der Waals surface area contributed by atoms with Crippen LogP contribution in [0.5, 0.6) is 0 Å². The molecule has 0 spiro atoms. The van der Waals surface area contributed by atoms with Gasteiger partial charge in [-0.1, -0.05) is 71.9 Å². The second-order valence-corrected chi connectivity index (χ2v) is 40.8. The van der Waals surface area contributed by atoms with E-state index in [4.69, 9.17) is 11.5 Å². The van der Waals surface area contributed by atoms with Crippen LogP contribution < -0.4 is 107 Å². The minimum Gasteiger partial charge on any atom is -0.481 e. The van der Waals surface area contributed by atoms with Gasteiger partial charge in [0.25, 0.3) is 0 Å². The zero-order valence-electron chi connectivity index (χ0n) is 84.6. The first-order valence-electron chi connectivity index (χ1n) is 46.4. The van der Waals surface area contributed by atoms with Gasteiger partial charge >= 0.3 is 5.97 Å². The fourth-order valence-corrected chi connectivity index (χ4v) is 14.8. The molecule has 2 aliphatic heterocycles. The Bertz CT molecular complexity index is 4700. The van der Waals surface area contributed by atoms with E-state index in [1.54, 1.807) is 71.9 Å². The molecule has 139 heavy (non-hydrogen) atoms. The topological polar surface area (TPSA) is 708 Å². The quantitative estimate of drug-likeness (QED) is 0.0293. The van der Waals surface area contributed by atoms with Crippen molar-refractivity contribution >= 4 is 136 Å². The summed E-state index contributed by atoms with van der Waals surface area (Å²) in [4.78, 5) is 315. The summed E-state index contributed by atoms with van der Waals surface area (Å²) in [5.41, 5.74) is -2.50. The van der Waals surface area contributed by atoms with E-state index in [-0.39, 0.29) is 51.1 Å². The van der Waals surface area contributed by atoms with E-state index in [0.29, 0.717) is 12.8 Å². The molecule has 2 fully saturated rings. The molecule has 0 unspecified atom stereocenters. The summed E-state index contributed by atoms with van der Waals surface area (Å²) >= 11 is 0. The van der Waals surface area contributed by atoms with E-state index >= 15 is 0 Å². The number of carboxylic acid groups (broad SMARTS) is 1. The van der Waals surface area contributed by atoms with Gasteiger partial charge in [0.2, 0.25) is 130 Å². The van der Waals surface area contributed by atoms with Gasteiger partial charge in [0, 0.05) is 39.3 Å². The zero-order chi connectivity index (χ0) is 107. The fourth-order valence-electron chi connectivity index (χ4n) is 14.8. The SMILES string of the molecule is CC(=O)NC(C)(C)C(=O)N1CCC[C@H]1C(=O)NC(C)(C)C(=O)N[C@@H](C)C(=O)NC(C)(C)C(=O)N[C@@H](C)C(=O)N[C@@H](CCC(N)=O)C(=O)NC(C)(C)C(=O)N[C@H](C(=O)NC(C)(C)C(=O)NCC(=O)N[C@@H](CC(C)C)C(=O)NC(C)(C)C(=O)N1CCC[C@H]1C(=O)N[C@H](C(=O)NC(C)(C)C(=O)NC(C)(C)C(=O)N[C@@H](CCC(=O)O)C(=O)N[C@@H](CCC(N)=O)C(=O)N[C@H](CO)Cc1ccccc1)C(C)C)C(C)C. The number of likely N-dealkylation sites (tertiary alicyclic amines) is 2. The lowest BCUT2D eigenvalue weighted by Crippen LogP contribution is -2.66. The van der Waals surface area contributed by atoms with Crippen LogP contribution in [0.15, 0.2) is 30.3 Å². The van der Waals surface area contributed by atoms with Crippen molar-refractivity contribution in [1.29, 1.82) is 0 Å². The molecule has 0 aromatic heterocycles. The molecule has 1 aromatic rings. The van der Waals surface area contributed by atoms with Crippen molar-refractivity contribution in [1.82, 2.24) is 106 Å². The van der Waals surface area contributed by atoms with Crippen LogP contribution in [0.1, 0.15) is 249 Å². The van der Waals surface area contributed by atoms with Gasteiger partial charge in [0.05, 0.1) is 19.2 Å². The molecule has 3 rings (SSSR count). The van der Waals surface area contributed by atoms with Crippen LogP contribution in [0.4, 0.5) is 0 Å². The lowest BCUT2D eigenvalue weighted by molar-refractivity contribution is -0.146. The average molecular weight is 1960 g/mol. The molecule has 11 atom stereocenters. The van der Waals surface area contributed by atoms with Crippen molar-refractivity contribution < 1.29 is 120 Å². The number of aliphatic hydroxyl groups excluding tert-OH is 1. The van der Waals surface area contributed by atoms with E-state index in [1.807, 2.05) is 0 Å². The Morgan fingerprint density at radius 1 is 0.381 bits per heavy atom. The van der Waals surface area contributed by atoms with Crippen LogP contribution in [0.2, 0.25) is 0 Å². The Morgan fingerprint density at radius 3 is 1.22 bits per heavy atom. The van der Waals surface area contributed by atoms with Crippen molar-refractivity contribution in [2.75, 3.05) is 26.2 Å². The van der Waals surface area contributed by atoms with Gasteiger partial charge in [0.15, 0.2) is 0 Å². The van der Waals surface area contributed by atoms with E-state index in [9.17, 15) is 120 Å². The van der Waals surface area contributed by atoms with Crippen molar-refractivity contribution in [3.63, 3.8) is 0 Å². The third-order valence-corrected chi connectivity index (χ3v) is 23.2. The van der Waals surface area contributed by atoms with Gasteiger partial charge in [-0.3, -0.25) is 110 Å². The number of benzene rings is 1. The normalized spacial score (nSPS) is 16.2. The Balaban J connectivity index is 1.65. The van der Waals surface area contributed by atoms with Crippen molar-refractivity contribution in [3.05, 3.63) is 35.9 Å². The molecule has 2 aliphatic rings. The van der Waals surface area contributed by atoms with Crippen LogP contribution in [-0.4, -0.2) is 293 Å². The lowest BCUT2D eigenvalue weighted by Gasteiger charge is -2.36. The number of rotatable bonds is 53. The summed E-state index contributed by atoms with van der Waals surface area (Å²) in [5, 5.41) is 65.4. The number of amides is 22. The summed E-state index contributed by atoms with van der Waals surface area (Å²) in [6, 6.07) is -5.82. The van der Waals surface area contributed by atoms with E-state index < -0.39 is 304 Å². The highest BCUT2D eigenvalue weighted by atomic mass is 16.4. The van der Waals surface area contributed by atoms with E-state index in [2.05, 4.69) is 95.7 Å². The number of carbonyl (C=O) groups is 23. The minimum absolute atomic E-state index is 0.00371. The molecule has 0 saturated carbocycles. The summed E-state index contributed by atoms with van der Waals surface area (Å²) in [6.45, 7) is 33.8. The van der Waals surface area contributed by atoms with Crippen molar-refractivity contribution in [2.24, 2.45) is 29.2 Å². The summed E-state index contributed by atoms with van der Waals surface area (Å²) in [6.07, 6.45) is -1.46. The number of hydrogen-bond donors (Lipinski definition) is 22. The van der Waals surface area contributed by atoms with Gasteiger partial charge in [-0.05, 0) is 206 Å². The maximum atomic E-state index is 14.6. The molecule has 0 aliphatic carbocycles. The summed E-state index contributed by atoms with van der Waals surface area (Å²) in [5.74, 6) is -21.7. The first kappa shape index (κ1) is 120. The molecule has 2 heterocycles. The van der Waals surface area contributed by atoms with Gasteiger partial charge < -0.3 is 127 Å². The molecule has 22 amide bonds. The van der Waals surface area contributed by atoms with Crippen molar-refractivity contribution in [3.8, 4) is 0 Å². The number of aliphatic carboxylic acids is 1. The third-order valence-electron chi connectivity index (χ3n) is 23.2. The second kappa shape index (κ2) is 51.1. The largest absolute Gasteiger partial charge is 0.481 e. The zero-order valence-corrected chi connectivity index (χ0v) is 84.6. The predicted octanol–water partition coefficient (Wildman–Crippen LogP) is -4.35. The smallest absolute Gasteiger partial charge is 0.303 e. The molecular weight excluding hydrogens is 1810 g/mol. The Labute approximate surface area is 810 Å². The van der Waals surface area contributed by atoms with Crippen LogP contribution in [-0.2, 0) is 117 Å². The third kappa shape index (κ3) is 37.3. The highest BCUT2D eigenvalue weighted by molar-refractivity contribution is 6.05. The summed E-state index contributed by atoms with van der Waals surface area (Å²) < 4.78 is 0. The van der Waals surface area contributed by atoms with Crippen LogP contribution in [0.3, 0.4) is 0 Å². The van der Waals surface area contributed by atoms with Crippen LogP contribution in [0.25, 0.3) is 0 Å². The first-order chi connectivity index (χ1) is 63.8. The monoisotopic (exact) mass is 1960 g/mol. The van der Waals surface area contributed by atoms with Gasteiger partial charge in [0.1, 0.15) is 105 Å². The van der Waals surface area contributed by atoms with E-state index in [1.165, 1.54) is 141 Å². The number of nitrogens with zero attached hydrogens (tertiary/aromatic N) is 2. The first-order valence-corrected chi connectivity index (χ1v) is 46.4. The molecule has 47 heteroatoms. The average Bonchev–Trinajstić information content (AvgIpc) is 1.63. The Hall–Kier alpha value is -13.0. The number of nitrogens with two attached hydrogens (primary N) is 2. The number of primary amides is 2. The maximum Gasteiger partial charge on any atom is 0.303 e. The standard InChI is InChI=1S/C92H150N22O25/c1-47(2)43-58(72(127)108-92(24,25)84(139)113-41-29-33-59(113)73(128)103-65(48(3)4)75(130)111-90(20,21)82(137)112-89(18,19)80(135)102-56(37-40-64(120)121)70(125)101-55(35-38-61(93)117)69(124)98-54(46-115)44-53-31-27-26-28-32-53)99-63(119)45-95-77(132)85(10,11)110-76(131)66(49(5)6)104-81(136)88(16,17)107-71(126)57(36-39-62(94)118)100-67(122)50(7)96-78(133)86(12,13)106-68(123)51(8)97-79(134)87(14,15)109-74(129)60-34-30-42-114(60)83(138)91(22,23)105-52(9)116/h26-28,31-32,47-51,54-60,65-66,115H,29-30,33-46H2,1-25H3,(H2,93,117)(H2,94,118)(H,95,132)(H,96,133)(H,97,134)(H,98,124)(H,99,119)(H,100,122)(H,101,125)(H,102,135)(H,103,128)(H,104,136)(H,105,116)(H,106,123)(H,107,126)(H,108,127)(H,109,129)(H,110,131)(H,111,130)(H,112,137)(H,120,121)/t50-,51-,54-,55-,56-,57-,58-,59-,60-,65-,66-/m0/s1. The molecule has 2 saturated heterocycles. The van der Waals surface area contributed by atoms with Crippen LogP contribution in [0, 0.1) is 17.8 Å². The highest BCUT2D eigenvalue weighted by Gasteiger charge is 2.49. The van der Waals surface area contributed by atoms with Crippen molar-refractivity contribution in [2.45, 2.75) is 361 Å². The number of aliphatic hydroxyl groups is 1. The molecule has 1 aromatic carbocycles. The second-order valence-electron chi connectivity index (χ2n) is 40.8. The molecule has 0 radical (unpaired) electrons. The minimum atomic E-state index is -1.92. The van der Waals surface area contributed by atoms with Gasteiger partial charge in [-0.25, -0.2) is 0 Å². The number of nitrogens with one attached hydrogen (secondary N) is 18. The highest BCUT2D eigenvalue weighted by Crippen LogP contribution is 2.27. The molecule has 47 nitrogen and oxygen atoms in total. The molecule has 0 bridgehead atoms. The molecule has 24 N–H and O–H groups in total. The molecular formula is C92H150N22O25. The van der Waals surface area contributed by atoms with Gasteiger partial charge in [-0.15, -0.1) is 0 Å².